The first-order valence-electron chi connectivity index (χ1n) is 3.43. The zero-order valence-corrected chi connectivity index (χ0v) is 7.20. The van der Waals surface area contributed by atoms with E-state index in [0.717, 1.165) is 0 Å². The number of urea groups is 1. The normalized spacial score (nSPS) is 12.5. The minimum atomic E-state index is -4.29. The number of carbonyl (C=O) groups is 1. The van der Waals surface area contributed by atoms with E-state index in [4.69, 9.17) is 0 Å². The maximum Gasteiger partial charge on any atom is 0.394 e. The van der Waals surface area contributed by atoms with Gasteiger partial charge in [-0.15, -0.1) is 0 Å². The molecule has 13 heavy (non-hydrogen) atoms. The number of nitrogens with zero attached hydrogens (tertiary/aromatic N) is 1. The van der Waals surface area contributed by atoms with Crippen molar-refractivity contribution in [3.63, 3.8) is 0 Å². The van der Waals surface area contributed by atoms with E-state index < -0.39 is 18.6 Å². The molecule has 2 amide bonds. The Kier molecular flexibility index (Phi) is 4.22. The minimum absolute atomic E-state index is 0.198. The molecule has 0 aromatic carbocycles. The predicted molar refractivity (Wildman–Crippen MR) is 41.4 cm³/mol. The highest BCUT2D eigenvalue weighted by Crippen LogP contribution is 2.19. The highest BCUT2D eigenvalue weighted by atomic mass is 19.4. The molecule has 0 rings (SSSR count). The third-order valence-corrected chi connectivity index (χ3v) is 1.03. The summed E-state index contributed by atoms with van der Waals surface area (Å²) in [6.45, 7) is 1.18. The standard InChI is InChI=1S/C6H10F3N3O/c1-4(3-6(7,8)9)11-12-5(13)10-2/h3H2,1-2H3,(H2,10,12,13)/b11-4+. The van der Waals surface area contributed by atoms with Crippen molar-refractivity contribution >= 4 is 11.7 Å². The van der Waals surface area contributed by atoms with Crippen LogP contribution in [-0.4, -0.2) is 25.0 Å². The summed E-state index contributed by atoms with van der Waals surface area (Å²) in [5.74, 6) is 0. The van der Waals surface area contributed by atoms with Crippen molar-refractivity contribution in [2.24, 2.45) is 5.10 Å². The van der Waals surface area contributed by atoms with E-state index in [9.17, 15) is 18.0 Å². The first kappa shape index (κ1) is 11.7. The first-order chi connectivity index (χ1) is 5.85. The minimum Gasteiger partial charge on any atom is -0.340 e. The van der Waals surface area contributed by atoms with Gasteiger partial charge in [-0.25, -0.2) is 10.2 Å². The molecule has 0 bridgehead atoms. The molecule has 0 aliphatic carbocycles. The van der Waals surface area contributed by atoms with E-state index >= 15 is 0 Å². The van der Waals surface area contributed by atoms with Crippen LogP contribution in [0.15, 0.2) is 5.10 Å². The molecular formula is C6H10F3N3O. The van der Waals surface area contributed by atoms with Crippen LogP contribution in [-0.2, 0) is 0 Å². The van der Waals surface area contributed by atoms with E-state index in [1.807, 2.05) is 5.43 Å². The van der Waals surface area contributed by atoms with E-state index in [1.165, 1.54) is 14.0 Å². The maximum absolute atomic E-state index is 11.7. The van der Waals surface area contributed by atoms with Crippen molar-refractivity contribution in [2.45, 2.75) is 19.5 Å². The van der Waals surface area contributed by atoms with Crippen LogP contribution in [0.2, 0.25) is 0 Å². The third-order valence-electron chi connectivity index (χ3n) is 1.03. The van der Waals surface area contributed by atoms with Gasteiger partial charge in [-0.1, -0.05) is 0 Å². The van der Waals surface area contributed by atoms with Crippen LogP contribution in [0.4, 0.5) is 18.0 Å². The zero-order valence-electron chi connectivity index (χ0n) is 7.20. The van der Waals surface area contributed by atoms with Crippen LogP contribution in [0.5, 0.6) is 0 Å². The Bertz CT molecular complexity index is 212. The van der Waals surface area contributed by atoms with Gasteiger partial charge in [-0.3, -0.25) is 0 Å². The van der Waals surface area contributed by atoms with Crippen LogP contribution < -0.4 is 10.7 Å². The lowest BCUT2D eigenvalue weighted by Gasteiger charge is -2.05. The van der Waals surface area contributed by atoms with Crippen LogP contribution >= 0.6 is 0 Å². The van der Waals surface area contributed by atoms with E-state index in [2.05, 4.69) is 10.4 Å². The second kappa shape index (κ2) is 4.68. The van der Waals surface area contributed by atoms with Gasteiger partial charge >= 0.3 is 12.2 Å². The van der Waals surface area contributed by atoms with Gasteiger partial charge in [0.05, 0.1) is 6.42 Å². The van der Waals surface area contributed by atoms with Crippen LogP contribution in [0, 0.1) is 0 Å². The van der Waals surface area contributed by atoms with E-state index in [-0.39, 0.29) is 5.71 Å². The average Bonchev–Trinajstić information content (AvgIpc) is 1.97. The summed E-state index contributed by atoms with van der Waals surface area (Å²) in [4.78, 5) is 10.5. The Hall–Kier alpha value is -1.27. The number of hydrogen-bond acceptors (Lipinski definition) is 2. The molecule has 0 unspecified atom stereocenters. The Balaban J connectivity index is 3.96. The number of halogens is 3. The first-order valence-corrected chi connectivity index (χ1v) is 3.43. The summed E-state index contributed by atoms with van der Waals surface area (Å²) in [5.41, 5.74) is 1.69. The van der Waals surface area contributed by atoms with Crippen molar-refractivity contribution in [2.75, 3.05) is 7.05 Å². The number of alkyl halides is 3. The molecule has 4 nitrogen and oxygen atoms in total. The second-order valence-electron chi connectivity index (χ2n) is 2.33. The van der Waals surface area contributed by atoms with Crippen molar-refractivity contribution in [3.8, 4) is 0 Å². The molecule has 0 heterocycles. The number of hydrogen-bond donors (Lipinski definition) is 2. The second-order valence-corrected chi connectivity index (χ2v) is 2.33. The van der Waals surface area contributed by atoms with E-state index in [1.54, 1.807) is 0 Å². The van der Waals surface area contributed by atoms with Crippen molar-refractivity contribution in [1.82, 2.24) is 10.7 Å². The summed E-state index contributed by atoms with van der Waals surface area (Å²) in [7, 11) is 1.34. The molecule has 0 radical (unpaired) electrons. The largest absolute Gasteiger partial charge is 0.394 e. The van der Waals surface area contributed by atoms with Gasteiger partial charge in [-0.2, -0.15) is 18.3 Å². The van der Waals surface area contributed by atoms with Crippen LogP contribution in [0.3, 0.4) is 0 Å². The molecule has 0 saturated heterocycles. The summed E-state index contributed by atoms with van der Waals surface area (Å²) >= 11 is 0. The van der Waals surface area contributed by atoms with E-state index in [0.29, 0.717) is 0 Å². The number of amides is 2. The Morgan fingerprint density at radius 1 is 1.46 bits per heavy atom. The number of rotatable bonds is 2. The van der Waals surface area contributed by atoms with Crippen molar-refractivity contribution in [3.05, 3.63) is 0 Å². The third kappa shape index (κ3) is 7.10. The van der Waals surface area contributed by atoms with Gasteiger partial charge in [-0.05, 0) is 6.92 Å². The number of carbonyl (C=O) groups excluding carboxylic acids is 1. The Labute approximate surface area is 73.2 Å². The molecular weight excluding hydrogens is 187 g/mol. The summed E-state index contributed by atoms with van der Waals surface area (Å²) in [5, 5.41) is 5.36. The lowest BCUT2D eigenvalue weighted by atomic mass is 10.3. The fourth-order valence-corrected chi connectivity index (χ4v) is 0.532. The monoisotopic (exact) mass is 197 g/mol. The average molecular weight is 197 g/mol. The molecule has 0 spiro atoms. The fourth-order valence-electron chi connectivity index (χ4n) is 0.532. The number of nitrogens with one attached hydrogen (secondary N) is 2. The molecule has 7 heteroatoms. The Morgan fingerprint density at radius 2 is 2.00 bits per heavy atom. The van der Waals surface area contributed by atoms with Crippen molar-refractivity contribution < 1.29 is 18.0 Å². The predicted octanol–water partition coefficient (Wildman–Crippen LogP) is 1.24. The molecule has 0 saturated carbocycles. The molecule has 0 fully saturated rings. The van der Waals surface area contributed by atoms with Gasteiger partial charge in [0.15, 0.2) is 0 Å². The lowest BCUT2D eigenvalue weighted by molar-refractivity contribution is -0.121. The molecule has 0 aromatic rings. The van der Waals surface area contributed by atoms with Crippen LogP contribution in [0.25, 0.3) is 0 Å². The highest BCUT2D eigenvalue weighted by molar-refractivity contribution is 5.84. The molecule has 2 N–H and O–H groups in total. The van der Waals surface area contributed by atoms with Gasteiger partial charge in [0.1, 0.15) is 0 Å². The SMILES string of the molecule is CNC(=O)N/N=C(\C)CC(F)(F)F. The zero-order chi connectivity index (χ0) is 10.5. The molecule has 0 atom stereocenters. The summed E-state index contributed by atoms with van der Waals surface area (Å²) < 4.78 is 35.1. The molecule has 76 valence electrons. The maximum atomic E-state index is 11.7. The fraction of sp³-hybridized carbons (Fsp3) is 0.667. The molecule has 0 aliphatic heterocycles. The van der Waals surface area contributed by atoms with Gasteiger partial charge in [0.25, 0.3) is 0 Å². The molecule has 0 aromatic heterocycles. The quantitative estimate of drug-likeness (QED) is 0.508. The molecule has 0 aliphatic rings. The van der Waals surface area contributed by atoms with Gasteiger partial charge in [0, 0.05) is 12.8 Å². The summed E-state index contributed by atoms with van der Waals surface area (Å²) in [6.07, 6.45) is -5.42. The van der Waals surface area contributed by atoms with Crippen molar-refractivity contribution in [1.29, 1.82) is 0 Å². The van der Waals surface area contributed by atoms with Gasteiger partial charge < -0.3 is 5.32 Å². The smallest absolute Gasteiger partial charge is 0.340 e. The Morgan fingerprint density at radius 3 is 2.38 bits per heavy atom. The highest BCUT2D eigenvalue weighted by Gasteiger charge is 2.28. The van der Waals surface area contributed by atoms with Crippen LogP contribution in [0.1, 0.15) is 13.3 Å². The summed E-state index contributed by atoms with van der Waals surface area (Å²) in [6, 6.07) is -0.651. The lowest BCUT2D eigenvalue weighted by Crippen LogP contribution is -2.30. The topological polar surface area (TPSA) is 53.5 Å². The van der Waals surface area contributed by atoms with Gasteiger partial charge in [0.2, 0.25) is 0 Å². The number of hydrazone groups is 1.